The van der Waals surface area contributed by atoms with E-state index in [4.69, 9.17) is 14.2 Å². The third kappa shape index (κ3) is 5.71. The molecule has 0 radical (unpaired) electrons. The first-order chi connectivity index (χ1) is 13.7. The van der Waals surface area contributed by atoms with Crippen molar-refractivity contribution in [3.05, 3.63) is 59.2 Å². The quantitative estimate of drug-likeness (QED) is 0.757. The van der Waals surface area contributed by atoms with Gasteiger partial charge in [-0.15, -0.1) is 0 Å². The number of hydrogen-bond acceptors (Lipinski definition) is 5. The molecule has 0 unspecified atom stereocenters. The van der Waals surface area contributed by atoms with Crippen LogP contribution in [0.25, 0.3) is 0 Å². The fourth-order valence-electron chi connectivity index (χ4n) is 3.24. The summed E-state index contributed by atoms with van der Waals surface area (Å²) < 4.78 is 16.0. The van der Waals surface area contributed by atoms with Gasteiger partial charge in [-0.2, -0.15) is 0 Å². The van der Waals surface area contributed by atoms with Crippen LogP contribution in [0.1, 0.15) is 16.7 Å². The second kappa shape index (κ2) is 10.1. The van der Waals surface area contributed by atoms with Crippen LogP contribution in [0.3, 0.4) is 0 Å². The smallest absolute Gasteiger partial charge is 0.224 e. The molecule has 0 aliphatic carbocycles. The van der Waals surface area contributed by atoms with Crippen molar-refractivity contribution >= 4 is 5.91 Å². The molecule has 3 rings (SSSR count). The number of benzene rings is 2. The number of amides is 1. The van der Waals surface area contributed by atoms with Crippen molar-refractivity contribution < 1.29 is 19.0 Å². The number of nitrogens with zero attached hydrogens (tertiary/aromatic N) is 1. The van der Waals surface area contributed by atoms with E-state index in [2.05, 4.69) is 34.5 Å². The Kier molecular flexibility index (Phi) is 7.28. The average Bonchev–Trinajstić information content (AvgIpc) is 2.74. The van der Waals surface area contributed by atoms with Gasteiger partial charge in [-0.05, 0) is 29.3 Å². The lowest BCUT2D eigenvalue weighted by molar-refractivity contribution is -0.120. The van der Waals surface area contributed by atoms with Crippen LogP contribution in [0.15, 0.2) is 42.5 Å². The number of methoxy groups -OCH3 is 2. The molecular weight excluding hydrogens is 356 g/mol. The molecule has 2 aromatic carbocycles. The van der Waals surface area contributed by atoms with Gasteiger partial charge in [0.25, 0.3) is 0 Å². The SMILES string of the molecule is COc1ccc(OC)c(CC(=O)NCc2ccc(CN3CCOCC3)cc2)c1. The Labute approximate surface area is 166 Å². The summed E-state index contributed by atoms with van der Waals surface area (Å²) in [7, 11) is 3.20. The number of rotatable bonds is 8. The van der Waals surface area contributed by atoms with E-state index in [-0.39, 0.29) is 12.3 Å². The molecule has 0 aromatic heterocycles. The molecule has 28 heavy (non-hydrogen) atoms. The van der Waals surface area contributed by atoms with E-state index < -0.39 is 0 Å². The Morgan fingerprint density at radius 1 is 1.04 bits per heavy atom. The van der Waals surface area contributed by atoms with Gasteiger partial charge in [0.15, 0.2) is 0 Å². The van der Waals surface area contributed by atoms with Gasteiger partial charge in [0.2, 0.25) is 5.91 Å². The van der Waals surface area contributed by atoms with Crippen LogP contribution in [-0.4, -0.2) is 51.3 Å². The first-order valence-electron chi connectivity index (χ1n) is 9.53. The molecule has 0 bridgehead atoms. The summed E-state index contributed by atoms with van der Waals surface area (Å²) >= 11 is 0. The maximum Gasteiger partial charge on any atom is 0.224 e. The molecule has 2 aromatic rings. The fourth-order valence-corrected chi connectivity index (χ4v) is 3.24. The van der Waals surface area contributed by atoms with E-state index in [9.17, 15) is 4.79 Å². The molecule has 1 amide bonds. The molecule has 1 aliphatic rings. The molecule has 1 N–H and O–H groups in total. The highest BCUT2D eigenvalue weighted by Crippen LogP contribution is 2.24. The summed E-state index contributed by atoms with van der Waals surface area (Å²) in [6, 6.07) is 13.9. The fraction of sp³-hybridized carbons (Fsp3) is 0.409. The standard InChI is InChI=1S/C22H28N2O4/c1-26-20-7-8-21(27-2)19(13-20)14-22(25)23-15-17-3-5-18(6-4-17)16-24-9-11-28-12-10-24/h3-8,13H,9-12,14-16H2,1-2H3,(H,23,25). The van der Waals surface area contributed by atoms with Crippen molar-refractivity contribution in [2.24, 2.45) is 0 Å². The third-order valence-electron chi connectivity index (χ3n) is 4.86. The summed E-state index contributed by atoms with van der Waals surface area (Å²) in [4.78, 5) is 14.7. The number of ether oxygens (including phenoxy) is 3. The number of morpholine rings is 1. The summed E-state index contributed by atoms with van der Waals surface area (Å²) in [5.41, 5.74) is 3.16. The van der Waals surface area contributed by atoms with E-state index in [1.807, 2.05) is 18.2 Å². The molecule has 1 heterocycles. The molecule has 1 saturated heterocycles. The Balaban J connectivity index is 1.50. The summed E-state index contributed by atoms with van der Waals surface area (Å²) in [6.45, 7) is 5.01. The number of carbonyl (C=O) groups excluding carboxylic acids is 1. The van der Waals surface area contributed by atoms with Gasteiger partial charge < -0.3 is 19.5 Å². The Bertz CT molecular complexity index is 771. The van der Waals surface area contributed by atoms with Gasteiger partial charge in [-0.3, -0.25) is 9.69 Å². The van der Waals surface area contributed by atoms with Gasteiger partial charge in [0.1, 0.15) is 11.5 Å². The van der Waals surface area contributed by atoms with Crippen LogP contribution in [-0.2, 0) is 29.0 Å². The topological polar surface area (TPSA) is 60.0 Å². The molecule has 1 aliphatic heterocycles. The van der Waals surface area contributed by atoms with Gasteiger partial charge >= 0.3 is 0 Å². The molecule has 0 atom stereocenters. The second-order valence-corrected chi connectivity index (χ2v) is 6.84. The predicted octanol–water partition coefficient (Wildman–Crippen LogP) is 2.39. The Morgan fingerprint density at radius 3 is 2.43 bits per heavy atom. The van der Waals surface area contributed by atoms with Crippen LogP contribution < -0.4 is 14.8 Å². The van der Waals surface area contributed by atoms with Gasteiger partial charge in [0.05, 0.1) is 33.9 Å². The van der Waals surface area contributed by atoms with E-state index in [1.165, 1.54) is 5.56 Å². The predicted molar refractivity (Wildman–Crippen MR) is 108 cm³/mol. The second-order valence-electron chi connectivity index (χ2n) is 6.84. The van der Waals surface area contributed by atoms with Crippen molar-refractivity contribution in [2.45, 2.75) is 19.5 Å². The van der Waals surface area contributed by atoms with Gasteiger partial charge in [-0.1, -0.05) is 24.3 Å². The zero-order valence-electron chi connectivity index (χ0n) is 16.6. The van der Waals surface area contributed by atoms with Crippen LogP contribution >= 0.6 is 0 Å². The van der Waals surface area contributed by atoms with Crippen LogP contribution in [0.2, 0.25) is 0 Å². The van der Waals surface area contributed by atoms with Crippen molar-refractivity contribution in [3.63, 3.8) is 0 Å². The molecular formula is C22H28N2O4. The Morgan fingerprint density at radius 2 is 1.75 bits per heavy atom. The highest BCUT2D eigenvalue weighted by molar-refractivity contribution is 5.79. The molecule has 0 spiro atoms. The molecule has 6 heteroatoms. The van der Waals surface area contributed by atoms with Crippen LogP contribution in [0.4, 0.5) is 0 Å². The van der Waals surface area contributed by atoms with Crippen LogP contribution in [0, 0.1) is 0 Å². The highest BCUT2D eigenvalue weighted by Gasteiger charge is 2.12. The normalized spacial score (nSPS) is 14.5. The van der Waals surface area contributed by atoms with Gasteiger partial charge in [0, 0.05) is 31.7 Å². The van der Waals surface area contributed by atoms with E-state index in [0.717, 1.165) is 44.0 Å². The lowest BCUT2D eigenvalue weighted by Crippen LogP contribution is -2.35. The zero-order chi connectivity index (χ0) is 19.8. The minimum Gasteiger partial charge on any atom is -0.497 e. The maximum absolute atomic E-state index is 12.4. The van der Waals surface area contributed by atoms with E-state index in [0.29, 0.717) is 18.0 Å². The highest BCUT2D eigenvalue weighted by atomic mass is 16.5. The first kappa shape index (κ1) is 20.2. The van der Waals surface area contributed by atoms with Crippen molar-refractivity contribution in [2.75, 3.05) is 40.5 Å². The first-order valence-corrected chi connectivity index (χ1v) is 9.53. The molecule has 6 nitrogen and oxygen atoms in total. The van der Waals surface area contributed by atoms with Crippen molar-refractivity contribution in [1.82, 2.24) is 10.2 Å². The Hall–Kier alpha value is -2.57. The third-order valence-corrected chi connectivity index (χ3v) is 4.86. The minimum atomic E-state index is -0.0519. The van der Waals surface area contributed by atoms with E-state index >= 15 is 0 Å². The van der Waals surface area contributed by atoms with Crippen molar-refractivity contribution in [3.8, 4) is 11.5 Å². The lowest BCUT2D eigenvalue weighted by Gasteiger charge is -2.26. The van der Waals surface area contributed by atoms with Crippen LogP contribution in [0.5, 0.6) is 11.5 Å². The summed E-state index contributed by atoms with van der Waals surface area (Å²) in [5.74, 6) is 1.34. The zero-order valence-corrected chi connectivity index (χ0v) is 16.6. The minimum absolute atomic E-state index is 0.0519. The largest absolute Gasteiger partial charge is 0.497 e. The number of carbonyl (C=O) groups is 1. The number of hydrogen-bond donors (Lipinski definition) is 1. The summed E-state index contributed by atoms with van der Waals surface area (Å²) in [5, 5.41) is 2.97. The molecule has 150 valence electrons. The monoisotopic (exact) mass is 384 g/mol. The summed E-state index contributed by atoms with van der Waals surface area (Å²) in [6.07, 6.45) is 0.246. The maximum atomic E-state index is 12.4. The van der Waals surface area contributed by atoms with E-state index in [1.54, 1.807) is 14.2 Å². The molecule has 0 saturated carbocycles. The average molecular weight is 384 g/mol. The van der Waals surface area contributed by atoms with Crippen molar-refractivity contribution in [1.29, 1.82) is 0 Å². The lowest BCUT2D eigenvalue weighted by atomic mass is 10.1. The number of nitrogens with one attached hydrogen (secondary N) is 1. The van der Waals surface area contributed by atoms with Gasteiger partial charge in [-0.25, -0.2) is 0 Å². The molecule has 1 fully saturated rings.